The van der Waals surface area contributed by atoms with E-state index in [1.54, 1.807) is 32.9 Å². The van der Waals surface area contributed by atoms with Gasteiger partial charge in [0.2, 0.25) is 65.0 Å². The van der Waals surface area contributed by atoms with Gasteiger partial charge in [0.15, 0.2) is 0 Å². The molecule has 3 unspecified atom stereocenters. The van der Waals surface area contributed by atoms with Gasteiger partial charge in [0.05, 0.1) is 13.1 Å². The fourth-order valence-corrected chi connectivity index (χ4v) is 9.86. The second kappa shape index (κ2) is 40.6. The van der Waals surface area contributed by atoms with Crippen LogP contribution in [0.4, 0.5) is 0 Å². The summed E-state index contributed by atoms with van der Waals surface area (Å²) < 4.78 is 0. The fraction of sp³-hybridized carbons (Fsp3) is 0.738. The van der Waals surface area contributed by atoms with Crippen molar-refractivity contribution in [2.24, 2.45) is 35.5 Å². The Morgan fingerprint density at radius 2 is 0.816 bits per heavy atom. The molecule has 496 valence electrons. The van der Waals surface area contributed by atoms with Crippen LogP contribution in [0, 0.1) is 48.4 Å². The van der Waals surface area contributed by atoms with Crippen molar-refractivity contribution in [3.63, 3.8) is 0 Å². The lowest BCUT2D eigenvalue weighted by molar-refractivity contribution is -0.152. The van der Waals surface area contributed by atoms with Crippen LogP contribution in [0.2, 0.25) is 0 Å². The van der Waals surface area contributed by atoms with E-state index in [-0.39, 0.29) is 68.1 Å². The molecule has 1 rings (SSSR count). The van der Waals surface area contributed by atoms with Crippen LogP contribution < -0.4 is 21.3 Å². The van der Waals surface area contributed by atoms with E-state index >= 15 is 0 Å². The summed E-state index contributed by atoms with van der Waals surface area (Å²) in [7, 11) is 10.1. The van der Waals surface area contributed by atoms with Crippen LogP contribution in [-0.2, 0) is 52.7 Å². The quantitative estimate of drug-likeness (QED) is 0.124. The summed E-state index contributed by atoms with van der Waals surface area (Å²) in [5, 5.41) is 11.1. The number of nitrogens with zero attached hydrogens (tertiary/aromatic N) is 7. The summed E-state index contributed by atoms with van der Waals surface area (Å²) in [4.78, 5) is 166. The molecule has 0 saturated carbocycles. The van der Waals surface area contributed by atoms with Gasteiger partial charge in [-0.3, -0.25) is 52.7 Å². The summed E-state index contributed by atoms with van der Waals surface area (Å²) in [5.41, 5.74) is 0. The molecular formula is C65H115N11O11. The molecular weight excluding hydrogens is 1110 g/mol. The summed E-state index contributed by atoms with van der Waals surface area (Å²) in [6.45, 7) is 32.0. The SMILES string of the molecule is C#C.C=C/C=C/C[C@@H](C)CC1C(=O)N[C@@H](CC)C(=O)N(C)CC(=O)N(C)[C@@H](CC(C)C)C(=O)NC(C(C)C)C(=O)N(C)[C@@H](CC(C)C)C(=O)N[C@@H](C)C(=O)N[C@H](C)C(=O)N(C)C(CC(C)C)C(=O)N(C)[C@@H](CC(C)C)C(=O)N(C)CC(=O)N1C.CCC. The van der Waals surface area contributed by atoms with E-state index in [2.05, 4.69) is 54.5 Å². The summed E-state index contributed by atoms with van der Waals surface area (Å²) in [6, 6.07) is -10.3. The third-order valence-electron chi connectivity index (χ3n) is 15.1. The van der Waals surface area contributed by atoms with Gasteiger partial charge in [0.25, 0.3) is 0 Å². The Bertz CT molecular complexity index is 2320. The maximum absolute atomic E-state index is 14.7. The van der Waals surface area contributed by atoms with Crippen LogP contribution in [-0.4, -0.2) is 216 Å². The van der Waals surface area contributed by atoms with Gasteiger partial charge in [-0.1, -0.05) is 128 Å². The van der Waals surface area contributed by atoms with Gasteiger partial charge in [-0.15, -0.1) is 12.8 Å². The third-order valence-corrected chi connectivity index (χ3v) is 15.1. The van der Waals surface area contributed by atoms with Crippen molar-refractivity contribution in [3.05, 3.63) is 24.8 Å². The molecule has 0 aliphatic carbocycles. The molecule has 0 spiro atoms. The first-order valence-corrected chi connectivity index (χ1v) is 31.0. The van der Waals surface area contributed by atoms with Crippen molar-refractivity contribution in [3.8, 4) is 12.8 Å². The largest absolute Gasteiger partial charge is 0.343 e. The highest BCUT2D eigenvalue weighted by Gasteiger charge is 2.41. The van der Waals surface area contributed by atoms with Crippen molar-refractivity contribution in [1.82, 2.24) is 55.6 Å². The number of carbonyl (C=O) groups excluding carboxylic acids is 11. The van der Waals surface area contributed by atoms with Gasteiger partial charge in [0.1, 0.15) is 54.4 Å². The first kappa shape index (κ1) is 82.3. The smallest absolute Gasteiger partial charge is 0.245 e. The van der Waals surface area contributed by atoms with E-state index in [9.17, 15) is 52.7 Å². The first-order chi connectivity index (χ1) is 40.4. The lowest BCUT2D eigenvalue weighted by Gasteiger charge is -2.38. The standard InChI is InChI=1S/C60H105N11O11.C3H8.C2H2/c1-23-25-26-27-40(13)32-46-54(76)63-43(24-2)57(79)65(16)33-49(72)67(18)44(28-35(3)4)55(77)64-51(39(11)12)60(82)69(20)45(29-36(5)6)53(75)61-41(14)52(74)62-42(15)56(78)70(21)48(31-38(9)10)59(81)71(22)47(30-37(7)8)58(80)66(17)34-50(73)68(46)19;1-3-2;1-2/h23,25-26,35-48,51H,1,24,27-34H2,2-22H3,(H,61,75)(H,62,74)(H,63,76)(H,64,77);3H2,1-2H3;1-2H/b26-25+;;/t40-,41+,42-,43+,44+,45+,46?,47+,48?,51?;;/m1../s1. The molecule has 4 N–H and O–H groups in total. The molecule has 87 heavy (non-hydrogen) atoms. The summed E-state index contributed by atoms with van der Waals surface area (Å²) >= 11 is 0. The Hall–Kier alpha value is -6.79. The topological polar surface area (TPSA) is 259 Å². The van der Waals surface area contributed by atoms with Gasteiger partial charge in [-0.25, -0.2) is 0 Å². The highest BCUT2D eigenvalue weighted by molar-refractivity contribution is 5.99. The molecule has 1 heterocycles. The van der Waals surface area contributed by atoms with Crippen molar-refractivity contribution in [2.45, 2.75) is 217 Å². The average molecular weight is 1230 g/mol. The van der Waals surface area contributed by atoms with Gasteiger partial charge in [-0.05, 0) is 94.3 Å². The molecule has 10 atom stereocenters. The zero-order valence-electron chi connectivity index (χ0n) is 57.4. The Balaban J connectivity index is 0. The molecule has 22 nitrogen and oxygen atoms in total. The van der Waals surface area contributed by atoms with Crippen LogP contribution in [0.25, 0.3) is 0 Å². The monoisotopic (exact) mass is 1230 g/mol. The molecule has 0 aromatic heterocycles. The number of hydrogen-bond acceptors (Lipinski definition) is 11. The fourth-order valence-electron chi connectivity index (χ4n) is 9.86. The van der Waals surface area contributed by atoms with Crippen LogP contribution in [0.15, 0.2) is 24.8 Å². The maximum Gasteiger partial charge on any atom is 0.245 e. The lowest BCUT2D eigenvalue weighted by Crippen LogP contribution is -2.60. The highest BCUT2D eigenvalue weighted by atomic mass is 16.2. The highest BCUT2D eigenvalue weighted by Crippen LogP contribution is 2.23. The molecule has 1 aliphatic rings. The number of amides is 11. The van der Waals surface area contributed by atoms with Crippen LogP contribution in [0.3, 0.4) is 0 Å². The zero-order chi connectivity index (χ0) is 68.1. The number of nitrogens with one attached hydrogen (secondary N) is 4. The van der Waals surface area contributed by atoms with E-state index in [1.807, 2.05) is 68.4 Å². The number of terminal acetylenes is 1. The van der Waals surface area contributed by atoms with Gasteiger partial charge in [0, 0.05) is 49.3 Å². The second-order valence-corrected chi connectivity index (χ2v) is 25.5. The van der Waals surface area contributed by atoms with E-state index in [1.165, 1.54) is 99.0 Å². The molecule has 0 aromatic rings. The molecule has 0 aromatic carbocycles. The number of allylic oxidation sites excluding steroid dienone is 3. The Kier molecular flexibility index (Phi) is 38.4. The van der Waals surface area contributed by atoms with Crippen LogP contribution >= 0.6 is 0 Å². The minimum atomic E-state index is -1.21. The molecule has 1 fully saturated rings. The predicted molar refractivity (Wildman–Crippen MR) is 344 cm³/mol. The van der Waals surface area contributed by atoms with E-state index in [4.69, 9.17) is 0 Å². The number of hydrogen-bond donors (Lipinski definition) is 4. The summed E-state index contributed by atoms with van der Waals surface area (Å²) in [6.07, 6.45) is 16.0. The molecule has 22 heteroatoms. The normalized spacial score (nSPS) is 24.7. The predicted octanol–water partition coefficient (Wildman–Crippen LogP) is 5.11. The van der Waals surface area contributed by atoms with Crippen LogP contribution in [0.1, 0.15) is 162 Å². The third kappa shape index (κ3) is 27.0. The maximum atomic E-state index is 14.7. The Morgan fingerprint density at radius 1 is 0.460 bits per heavy atom. The molecule has 0 radical (unpaired) electrons. The average Bonchev–Trinajstić information content (AvgIpc) is 3.15. The van der Waals surface area contributed by atoms with Crippen LogP contribution in [0.5, 0.6) is 0 Å². The van der Waals surface area contributed by atoms with Gasteiger partial charge in [-0.2, -0.15) is 0 Å². The van der Waals surface area contributed by atoms with E-state index in [0.29, 0.717) is 6.42 Å². The van der Waals surface area contributed by atoms with Crippen molar-refractivity contribution in [1.29, 1.82) is 0 Å². The molecule has 1 aliphatic heterocycles. The van der Waals surface area contributed by atoms with Crippen molar-refractivity contribution in [2.75, 3.05) is 62.4 Å². The minimum absolute atomic E-state index is 0.105. The molecule has 1 saturated heterocycles. The van der Waals surface area contributed by atoms with E-state index < -0.39 is 138 Å². The molecule has 0 bridgehead atoms. The number of carbonyl (C=O) groups is 11. The lowest BCUT2D eigenvalue weighted by atomic mass is 9.96. The van der Waals surface area contributed by atoms with Crippen molar-refractivity contribution >= 4 is 65.0 Å². The van der Waals surface area contributed by atoms with Gasteiger partial charge >= 0.3 is 0 Å². The molecule has 11 amide bonds. The second-order valence-electron chi connectivity index (χ2n) is 25.5. The number of rotatable bonds is 15. The van der Waals surface area contributed by atoms with E-state index in [0.717, 1.165) is 4.90 Å². The Morgan fingerprint density at radius 3 is 1.24 bits per heavy atom. The first-order valence-electron chi connectivity index (χ1n) is 31.0. The summed E-state index contributed by atoms with van der Waals surface area (Å²) in [5.74, 6) is -7.94. The number of likely N-dealkylation sites (N-methyl/N-ethyl adjacent to an activating group) is 7. The Labute approximate surface area is 523 Å². The van der Waals surface area contributed by atoms with Crippen molar-refractivity contribution < 1.29 is 52.7 Å². The zero-order valence-corrected chi connectivity index (χ0v) is 57.4. The minimum Gasteiger partial charge on any atom is -0.343 e. The van der Waals surface area contributed by atoms with Gasteiger partial charge < -0.3 is 55.6 Å².